The fourth-order valence-electron chi connectivity index (χ4n) is 1.72. The van der Waals surface area contributed by atoms with Gasteiger partial charge in [-0.05, 0) is 39.7 Å². The third kappa shape index (κ3) is 3.66. The molecule has 0 aromatic heterocycles. The highest BCUT2D eigenvalue weighted by Crippen LogP contribution is 2.19. The lowest BCUT2D eigenvalue weighted by molar-refractivity contribution is -0.161. The first kappa shape index (κ1) is 11.5. The standard InChI is InChI=1S/C11H21NO2/c1-8-5-9(7-12-6-8)10(13)14-11(2,3)4/h8-9,12H,5-7H2,1-4H3/t8-,9+/m0/s1. The number of ether oxygens (including phenoxy) is 1. The van der Waals surface area contributed by atoms with Crippen LogP contribution >= 0.6 is 0 Å². The zero-order valence-corrected chi connectivity index (χ0v) is 9.59. The van der Waals surface area contributed by atoms with E-state index in [1.54, 1.807) is 0 Å². The van der Waals surface area contributed by atoms with Crippen LogP contribution in [0.4, 0.5) is 0 Å². The molecule has 0 saturated carbocycles. The average molecular weight is 199 g/mol. The Morgan fingerprint density at radius 1 is 1.36 bits per heavy atom. The van der Waals surface area contributed by atoms with Crippen molar-refractivity contribution in [3.8, 4) is 0 Å². The van der Waals surface area contributed by atoms with Gasteiger partial charge in [-0.3, -0.25) is 4.79 Å². The number of carbonyl (C=O) groups excluding carboxylic acids is 1. The van der Waals surface area contributed by atoms with E-state index >= 15 is 0 Å². The van der Waals surface area contributed by atoms with Crippen molar-refractivity contribution in [1.29, 1.82) is 0 Å². The molecule has 82 valence electrons. The lowest BCUT2D eigenvalue weighted by Crippen LogP contribution is -2.41. The number of hydrogen-bond acceptors (Lipinski definition) is 3. The maximum Gasteiger partial charge on any atom is 0.310 e. The number of hydrogen-bond donors (Lipinski definition) is 1. The number of esters is 1. The van der Waals surface area contributed by atoms with Gasteiger partial charge in [0.25, 0.3) is 0 Å². The van der Waals surface area contributed by atoms with Crippen LogP contribution in [0.25, 0.3) is 0 Å². The Morgan fingerprint density at radius 2 is 2.00 bits per heavy atom. The predicted octanol–water partition coefficient (Wildman–Crippen LogP) is 1.57. The first-order valence-corrected chi connectivity index (χ1v) is 5.32. The zero-order chi connectivity index (χ0) is 10.8. The third-order valence-corrected chi connectivity index (χ3v) is 2.31. The minimum atomic E-state index is -0.363. The molecule has 0 bridgehead atoms. The topological polar surface area (TPSA) is 38.3 Å². The molecule has 0 amide bonds. The van der Waals surface area contributed by atoms with Crippen molar-refractivity contribution in [3.05, 3.63) is 0 Å². The molecule has 1 fully saturated rings. The van der Waals surface area contributed by atoms with Crippen LogP contribution in [0, 0.1) is 11.8 Å². The Morgan fingerprint density at radius 3 is 2.50 bits per heavy atom. The van der Waals surface area contributed by atoms with Crippen LogP contribution in [-0.2, 0) is 9.53 Å². The monoisotopic (exact) mass is 199 g/mol. The van der Waals surface area contributed by atoms with Gasteiger partial charge in [0.15, 0.2) is 0 Å². The maximum atomic E-state index is 11.7. The van der Waals surface area contributed by atoms with Crippen molar-refractivity contribution >= 4 is 5.97 Å². The minimum Gasteiger partial charge on any atom is -0.460 e. The van der Waals surface area contributed by atoms with Crippen molar-refractivity contribution in [2.45, 2.75) is 39.7 Å². The number of piperidine rings is 1. The van der Waals surface area contributed by atoms with Crippen molar-refractivity contribution in [2.75, 3.05) is 13.1 Å². The molecule has 2 atom stereocenters. The highest BCUT2D eigenvalue weighted by atomic mass is 16.6. The van der Waals surface area contributed by atoms with Gasteiger partial charge in [0.2, 0.25) is 0 Å². The normalized spacial score (nSPS) is 28.6. The van der Waals surface area contributed by atoms with Crippen LogP contribution in [0.3, 0.4) is 0 Å². The summed E-state index contributed by atoms with van der Waals surface area (Å²) < 4.78 is 5.35. The number of nitrogens with one attached hydrogen (secondary N) is 1. The maximum absolute atomic E-state index is 11.7. The van der Waals surface area contributed by atoms with Gasteiger partial charge in [0.1, 0.15) is 5.60 Å². The Balaban J connectivity index is 2.44. The molecular formula is C11H21NO2. The highest BCUT2D eigenvalue weighted by molar-refractivity contribution is 5.73. The van der Waals surface area contributed by atoms with E-state index in [-0.39, 0.29) is 17.5 Å². The van der Waals surface area contributed by atoms with Crippen molar-refractivity contribution < 1.29 is 9.53 Å². The van der Waals surface area contributed by atoms with Gasteiger partial charge in [0.05, 0.1) is 5.92 Å². The predicted molar refractivity (Wildman–Crippen MR) is 56.0 cm³/mol. The van der Waals surface area contributed by atoms with E-state index < -0.39 is 0 Å². The van der Waals surface area contributed by atoms with E-state index in [1.807, 2.05) is 20.8 Å². The molecular weight excluding hydrogens is 178 g/mol. The Hall–Kier alpha value is -0.570. The van der Waals surface area contributed by atoms with Crippen molar-refractivity contribution in [2.24, 2.45) is 11.8 Å². The van der Waals surface area contributed by atoms with E-state index in [0.717, 1.165) is 19.5 Å². The molecule has 1 aliphatic heterocycles. The first-order valence-electron chi connectivity index (χ1n) is 5.32. The van der Waals surface area contributed by atoms with Gasteiger partial charge >= 0.3 is 5.97 Å². The summed E-state index contributed by atoms with van der Waals surface area (Å²) >= 11 is 0. The van der Waals surface area contributed by atoms with Gasteiger partial charge in [0, 0.05) is 6.54 Å². The molecule has 14 heavy (non-hydrogen) atoms. The van der Waals surface area contributed by atoms with Crippen LogP contribution in [0.5, 0.6) is 0 Å². The second kappa shape index (κ2) is 4.30. The summed E-state index contributed by atoms with van der Waals surface area (Å²) in [6.07, 6.45) is 0.946. The van der Waals surface area contributed by atoms with E-state index in [9.17, 15) is 4.79 Å². The average Bonchev–Trinajstić information content (AvgIpc) is 2.01. The molecule has 1 heterocycles. The summed E-state index contributed by atoms with van der Waals surface area (Å²) in [4.78, 5) is 11.7. The van der Waals surface area contributed by atoms with Gasteiger partial charge in [-0.2, -0.15) is 0 Å². The molecule has 1 rings (SSSR count). The van der Waals surface area contributed by atoms with Gasteiger partial charge in [-0.1, -0.05) is 6.92 Å². The van der Waals surface area contributed by atoms with E-state index in [0.29, 0.717) is 5.92 Å². The van der Waals surface area contributed by atoms with Gasteiger partial charge in [-0.15, -0.1) is 0 Å². The number of rotatable bonds is 1. The summed E-state index contributed by atoms with van der Waals surface area (Å²) in [5.41, 5.74) is -0.363. The SMILES string of the molecule is C[C@@H]1CNC[C@H](C(=O)OC(C)(C)C)C1. The summed E-state index contributed by atoms with van der Waals surface area (Å²) in [6, 6.07) is 0. The molecule has 3 nitrogen and oxygen atoms in total. The second-order valence-corrected chi connectivity index (χ2v) is 5.23. The van der Waals surface area contributed by atoms with E-state index in [4.69, 9.17) is 4.74 Å². The molecule has 1 aliphatic rings. The van der Waals surface area contributed by atoms with E-state index in [2.05, 4.69) is 12.2 Å². The molecule has 0 unspecified atom stereocenters. The third-order valence-electron chi connectivity index (χ3n) is 2.31. The molecule has 0 aliphatic carbocycles. The molecule has 1 N–H and O–H groups in total. The summed E-state index contributed by atoms with van der Waals surface area (Å²) in [7, 11) is 0. The first-order chi connectivity index (χ1) is 6.38. The van der Waals surface area contributed by atoms with Crippen LogP contribution in [0.1, 0.15) is 34.1 Å². The molecule has 0 aromatic carbocycles. The molecule has 0 radical (unpaired) electrons. The largest absolute Gasteiger partial charge is 0.460 e. The molecule has 1 saturated heterocycles. The Labute approximate surface area is 86.2 Å². The van der Waals surface area contributed by atoms with Gasteiger partial charge in [-0.25, -0.2) is 0 Å². The lowest BCUT2D eigenvalue weighted by atomic mass is 9.92. The van der Waals surface area contributed by atoms with Crippen molar-refractivity contribution in [1.82, 2.24) is 5.32 Å². The zero-order valence-electron chi connectivity index (χ0n) is 9.59. The fourth-order valence-corrected chi connectivity index (χ4v) is 1.72. The Kier molecular flexibility index (Phi) is 3.53. The van der Waals surface area contributed by atoms with E-state index in [1.165, 1.54) is 0 Å². The van der Waals surface area contributed by atoms with Gasteiger partial charge < -0.3 is 10.1 Å². The summed E-state index contributed by atoms with van der Waals surface area (Å²) in [6.45, 7) is 9.65. The quantitative estimate of drug-likeness (QED) is 0.651. The summed E-state index contributed by atoms with van der Waals surface area (Å²) in [5.74, 6) is 0.552. The second-order valence-electron chi connectivity index (χ2n) is 5.23. The Bertz CT molecular complexity index is 208. The number of carbonyl (C=O) groups is 1. The van der Waals surface area contributed by atoms with Crippen LogP contribution < -0.4 is 5.32 Å². The lowest BCUT2D eigenvalue weighted by Gasteiger charge is -2.29. The molecule has 0 aromatic rings. The molecule has 0 spiro atoms. The van der Waals surface area contributed by atoms with Crippen LogP contribution in [0.15, 0.2) is 0 Å². The smallest absolute Gasteiger partial charge is 0.310 e. The van der Waals surface area contributed by atoms with Crippen LogP contribution in [0.2, 0.25) is 0 Å². The fraction of sp³-hybridized carbons (Fsp3) is 0.909. The van der Waals surface area contributed by atoms with Crippen LogP contribution in [-0.4, -0.2) is 24.7 Å². The van der Waals surface area contributed by atoms with Crippen molar-refractivity contribution in [3.63, 3.8) is 0 Å². The highest BCUT2D eigenvalue weighted by Gasteiger charge is 2.28. The molecule has 3 heteroatoms. The summed E-state index contributed by atoms with van der Waals surface area (Å²) in [5, 5.41) is 3.25. The minimum absolute atomic E-state index is 0.0398.